The van der Waals surface area contributed by atoms with Crippen molar-refractivity contribution in [3.8, 4) is 0 Å². The van der Waals surface area contributed by atoms with Gasteiger partial charge in [-0.1, -0.05) is 320 Å². The van der Waals surface area contributed by atoms with Gasteiger partial charge in [0.15, 0.2) is 0 Å². The van der Waals surface area contributed by atoms with Crippen LogP contribution in [0.2, 0.25) is 0 Å². The third kappa shape index (κ3) is 53.4. The lowest BCUT2D eigenvalue weighted by atomic mass is 10.00. The summed E-state index contributed by atoms with van der Waals surface area (Å²) < 4.78 is 0. The highest BCUT2D eigenvalue weighted by molar-refractivity contribution is 5.80. The van der Waals surface area contributed by atoms with Crippen molar-refractivity contribution >= 4 is 5.91 Å². The maximum Gasteiger partial charge on any atom is 0.249 e. The highest BCUT2D eigenvalue weighted by atomic mass is 16.3. The van der Waals surface area contributed by atoms with Crippen LogP contribution in [0.5, 0.6) is 0 Å². The first-order valence-electron chi connectivity index (χ1n) is 32.4. The molecule has 0 radical (unpaired) electrons. The van der Waals surface area contributed by atoms with Gasteiger partial charge < -0.3 is 25.7 Å². The molecule has 5 N–H and O–H groups in total. The molecule has 0 heterocycles. The standard InChI is InChI=1S/C66H127NO5/c1-3-5-7-9-11-13-15-17-19-21-23-25-27-29-31-32-34-35-37-39-41-43-45-47-49-51-53-55-57-59-63(69)65(71)62(61-68)67-66(72)64(70)60-58-56-54-52-50-48-46-44-42-40-38-36-33-30-28-26-24-22-20-18-16-14-12-10-8-6-4-2/h35,37,43,45,51,53,62-65,68-71H,3-34,36,38-42,44,46-50,52,54-61H2,1-2H3,(H,67,72)/b37-35+,45-43+,53-51+. The molecule has 4 atom stereocenters. The molecule has 426 valence electrons. The molecule has 6 nitrogen and oxygen atoms in total. The fourth-order valence-corrected chi connectivity index (χ4v) is 10.3. The number of nitrogens with one attached hydrogen (secondary N) is 1. The Hall–Kier alpha value is -1.47. The molecule has 0 spiro atoms. The molecule has 0 aromatic rings. The van der Waals surface area contributed by atoms with Gasteiger partial charge in [-0.2, -0.15) is 0 Å². The lowest BCUT2D eigenvalue weighted by Crippen LogP contribution is -2.53. The summed E-state index contributed by atoms with van der Waals surface area (Å²) in [7, 11) is 0. The van der Waals surface area contributed by atoms with Crippen LogP contribution in [0.25, 0.3) is 0 Å². The zero-order chi connectivity index (χ0) is 52.3. The van der Waals surface area contributed by atoms with E-state index in [1.54, 1.807) is 0 Å². The van der Waals surface area contributed by atoms with Gasteiger partial charge >= 0.3 is 0 Å². The number of rotatable bonds is 60. The molecule has 0 fully saturated rings. The average Bonchev–Trinajstić information content (AvgIpc) is 3.39. The number of allylic oxidation sites excluding steroid dienone is 6. The molecule has 0 bridgehead atoms. The van der Waals surface area contributed by atoms with Gasteiger partial charge in [-0.05, 0) is 64.2 Å². The number of aliphatic hydroxyl groups is 4. The number of carbonyl (C=O) groups is 1. The lowest BCUT2D eigenvalue weighted by molar-refractivity contribution is -0.132. The van der Waals surface area contributed by atoms with E-state index < -0.39 is 36.9 Å². The van der Waals surface area contributed by atoms with Gasteiger partial charge in [-0.25, -0.2) is 0 Å². The predicted molar refractivity (Wildman–Crippen MR) is 316 cm³/mol. The SMILES string of the molecule is CCCCCCCCCCCCCCCCCC/C=C/CC/C=C/CC/C=C/CCCC(O)C(O)C(CO)NC(=O)C(O)CCCCCCCCCCCCCCCCCCCCCCCCCCCCC. The Morgan fingerprint density at radius 2 is 0.583 bits per heavy atom. The van der Waals surface area contributed by atoms with Crippen molar-refractivity contribution in [3.05, 3.63) is 36.5 Å². The van der Waals surface area contributed by atoms with Crippen LogP contribution >= 0.6 is 0 Å². The molecule has 0 aliphatic rings. The van der Waals surface area contributed by atoms with Crippen LogP contribution < -0.4 is 5.32 Å². The van der Waals surface area contributed by atoms with E-state index in [9.17, 15) is 25.2 Å². The van der Waals surface area contributed by atoms with E-state index in [0.29, 0.717) is 19.3 Å². The summed E-state index contributed by atoms with van der Waals surface area (Å²) in [5, 5.41) is 44.1. The Morgan fingerprint density at radius 1 is 0.333 bits per heavy atom. The van der Waals surface area contributed by atoms with E-state index in [-0.39, 0.29) is 0 Å². The molecule has 0 saturated heterocycles. The Labute approximate surface area is 449 Å². The van der Waals surface area contributed by atoms with Crippen molar-refractivity contribution in [1.29, 1.82) is 0 Å². The molecule has 0 aromatic carbocycles. The maximum atomic E-state index is 12.6. The first-order valence-corrected chi connectivity index (χ1v) is 32.4. The van der Waals surface area contributed by atoms with Crippen LogP contribution in [0.15, 0.2) is 36.5 Å². The molecule has 72 heavy (non-hydrogen) atoms. The summed E-state index contributed by atoms with van der Waals surface area (Å²) in [4.78, 5) is 12.6. The summed E-state index contributed by atoms with van der Waals surface area (Å²) in [5.41, 5.74) is 0. The quantitative estimate of drug-likeness (QED) is 0.0308. The van der Waals surface area contributed by atoms with E-state index in [0.717, 1.165) is 51.4 Å². The fourth-order valence-electron chi connectivity index (χ4n) is 10.3. The van der Waals surface area contributed by atoms with Crippen molar-refractivity contribution in [1.82, 2.24) is 5.32 Å². The van der Waals surface area contributed by atoms with E-state index >= 15 is 0 Å². The minimum atomic E-state index is -1.29. The number of unbranched alkanes of at least 4 members (excludes halogenated alkanes) is 45. The van der Waals surface area contributed by atoms with Crippen LogP contribution in [-0.4, -0.2) is 57.3 Å². The second-order valence-corrected chi connectivity index (χ2v) is 22.4. The highest BCUT2D eigenvalue weighted by Gasteiger charge is 2.28. The second kappa shape index (κ2) is 60.4. The Balaban J connectivity index is 3.64. The summed E-state index contributed by atoms with van der Waals surface area (Å²) >= 11 is 0. The van der Waals surface area contributed by atoms with E-state index in [2.05, 4.69) is 55.6 Å². The minimum Gasteiger partial charge on any atom is -0.394 e. The largest absolute Gasteiger partial charge is 0.394 e. The van der Waals surface area contributed by atoms with Crippen molar-refractivity contribution in [2.75, 3.05) is 6.61 Å². The Bertz CT molecular complexity index is 1140. The van der Waals surface area contributed by atoms with Gasteiger partial charge in [0.05, 0.1) is 18.8 Å². The lowest BCUT2D eigenvalue weighted by Gasteiger charge is -2.27. The number of aliphatic hydroxyl groups excluding tert-OH is 4. The molecule has 0 aromatic heterocycles. The van der Waals surface area contributed by atoms with Crippen LogP contribution in [0.4, 0.5) is 0 Å². The highest BCUT2D eigenvalue weighted by Crippen LogP contribution is 2.19. The summed E-state index contributed by atoms with van der Waals surface area (Å²) in [5.74, 6) is -0.593. The number of amides is 1. The van der Waals surface area contributed by atoms with E-state index in [1.165, 1.54) is 263 Å². The van der Waals surface area contributed by atoms with Crippen LogP contribution in [-0.2, 0) is 4.79 Å². The molecular formula is C66H127NO5. The van der Waals surface area contributed by atoms with Crippen LogP contribution in [0.1, 0.15) is 348 Å². The van der Waals surface area contributed by atoms with Gasteiger partial charge in [0.25, 0.3) is 0 Å². The normalized spacial score (nSPS) is 13.8. The number of hydrogen-bond acceptors (Lipinski definition) is 5. The summed E-state index contributed by atoms with van der Waals surface area (Å²) in [6.07, 6.45) is 76.8. The maximum absolute atomic E-state index is 12.6. The van der Waals surface area contributed by atoms with Crippen molar-refractivity contribution < 1.29 is 25.2 Å². The van der Waals surface area contributed by atoms with Crippen LogP contribution in [0, 0.1) is 0 Å². The van der Waals surface area contributed by atoms with E-state index in [4.69, 9.17) is 0 Å². The smallest absolute Gasteiger partial charge is 0.249 e. The van der Waals surface area contributed by atoms with Crippen molar-refractivity contribution in [2.45, 2.75) is 372 Å². The molecule has 0 aliphatic carbocycles. The number of carbonyl (C=O) groups excluding carboxylic acids is 1. The number of hydrogen-bond donors (Lipinski definition) is 5. The molecule has 0 aliphatic heterocycles. The molecule has 0 rings (SSSR count). The van der Waals surface area contributed by atoms with Crippen molar-refractivity contribution in [2.24, 2.45) is 0 Å². The molecular weight excluding hydrogens is 887 g/mol. The van der Waals surface area contributed by atoms with Gasteiger partial charge in [0, 0.05) is 0 Å². The topological polar surface area (TPSA) is 110 Å². The Morgan fingerprint density at radius 3 is 0.875 bits per heavy atom. The third-order valence-corrected chi connectivity index (χ3v) is 15.3. The minimum absolute atomic E-state index is 0.362. The zero-order valence-electron chi connectivity index (χ0n) is 48.4. The molecule has 0 saturated carbocycles. The van der Waals surface area contributed by atoms with Gasteiger partial charge in [-0.3, -0.25) is 4.79 Å². The predicted octanol–water partition coefficient (Wildman–Crippen LogP) is 19.5. The average molecular weight is 1010 g/mol. The Kier molecular flexibility index (Phi) is 59.2. The third-order valence-electron chi connectivity index (χ3n) is 15.3. The van der Waals surface area contributed by atoms with Gasteiger partial charge in [0.2, 0.25) is 5.91 Å². The fraction of sp³-hybridized carbons (Fsp3) is 0.894. The first-order chi connectivity index (χ1) is 35.5. The van der Waals surface area contributed by atoms with E-state index in [1.807, 2.05) is 0 Å². The monoisotopic (exact) mass is 1010 g/mol. The zero-order valence-corrected chi connectivity index (χ0v) is 48.4. The van der Waals surface area contributed by atoms with Gasteiger partial charge in [0.1, 0.15) is 12.2 Å². The molecule has 6 heteroatoms. The van der Waals surface area contributed by atoms with Gasteiger partial charge in [-0.15, -0.1) is 0 Å². The first kappa shape index (κ1) is 70.5. The second-order valence-electron chi connectivity index (χ2n) is 22.4. The van der Waals surface area contributed by atoms with Crippen molar-refractivity contribution in [3.63, 3.8) is 0 Å². The molecule has 4 unspecified atom stereocenters. The summed E-state index contributed by atoms with van der Waals surface area (Å²) in [6, 6.07) is -1.01. The van der Waals surface area contributed by atoms with Crippen LogP contribution in [0.3, 0.4) is 0 Å². The summed E-state index contributed by atoms with van der Waals surface area (Å²) in [6.45, 7) is 4.09. The molecule has 1 amide bonds.